The summed E-state index contributed by atoms with van der Waals surface area (Å²) in [4.78, 5) is 12.0. The Kier molecular flexibility index (Phi) is 7.81. The summed E-state index contributed by atoms with van der Waals surface area (Å²) >= 11 is 0. The van der Waals surface area contributed by atoms with Gasteiger partial charge in [0.05, 0.1) is 5.56 Å². The number of hydrogen-bond donors (Lipinski definition) is 0. The minimum atomic E-state index is -2.96. The topological polar surface area (TPSA) is 17.1 Å². The molecule has 0 aromatic heterocycles. The second kappa shape index (κ2) is 10.1. The van der Waals surface area contributed by atoms with E-state index in [9.17, 15) is 13.6 Å². The van der Waals surface area contributed by atoms with Gasteiger partial charge in [-0.3, -0.25) is 4.79 Å². The molecule has 2 aliphatic carbocycles. The second-order valence-electron chi connectivity index (χ2n) is 9.19. The molecular formula is C25H35F3O. The van der Waals surface area contributed by atoms with Crippen LogP contribution in [0.5, 0.6) is 0 Å². The maximum Gasteiger partial charge on any atom is 0.267 e. The van der Waals surface area contributed by atoms with Crippen LogP contribution in [0.2, 0.25) is 0 Å². The van der Waals surface area contributed by atoms with Crippen molar-refractivity contribution in [2.24, 2.45) is 17.8 Å². The zero-order valence-corrected chi connectivity index (χ0v) is 17.9. The van der Waals surface area contributed by atoms with Gasteiger partial charge in [-0.25, -0.2) is 13.2 Å². The molecule has 0 amide bonds. The van der Waals surface area contributed by atoms with Gasteiger partial charge in [0.15, 0.2) is 5.78 Å². The highest BCUT2D eigenvalue weighted by atomic mass is 19.3. The summed E-state index contributed by atoms with van der Waals surface area (Å²) in [7, 11) is 0. The first kappa shape index (κ1) is 22.4. The van der Waals surface area contributed by atoms with Crippen LogP contribution >= 0.6 is 0 Å². The van der Waals surface area contributed by atoms with Gasteiger partial charge in [-0.05, 0) is 67.8 Å². The maximum absolute atomic E-state index is 15.0. The summed E-state index contributed by atoms with van der Waals surface area (Å²) < 4.78 is 42.1. The van der Waals surface area contributed by atoms with Crippen LogP contribution in [0, 0.1) is 23.6 Å². The highest BCUT2D eigenvalue weighted by Crippen LogP contribution is 2.45. The van der Waals surface area contributed by atoms with E-state index < -0.39 is 23.6 Å². The monoisotopic (exact) mass is 408 g/mol. The van der Waals surface area contributed by atoms with E-state index in [2.05, 4.69) is 6.92 Å². The summed E-state index contributed by atoms with van der Waals surface area (Å²) in [5, 5.41) is 0. The molecule has 0 spiro atoms. The van der Waals surface area contributed by atoms with E-state index in [0.717, 1.165) is 37.5 Å². The van der Waals surface area contributed by atoms with Gasteiger partial charge in [0, 0.05) is 12.0 Å². The summed E-state index contributed by atoms with van der Waals surface area (Å²) in [5.74, 6) is 1.11. The molecule has 0 heterocycles. The molecule has 0 bridgehead atoms. The fourth-order valence-corrected chi connectivity index (χ4v) is 5.83. The summed E-state index contributed by atoms with van der Waals surface area (Å²) in [5.41, 5.74) is -0.454. The molecule has 3 rings (SSSR count). The highest BCUT2D eigenvalue weighted by Gasteiger charge is 2.33. The number of carbonyl (C=O) groups excluding carboxylic acids is 1. The van der Waals surface area contributed by atoms with Crippen molar-refractivity contribution in [1.82, 2.24) is 0 Å². The van der Waals surface area contributed by atoms with Crippen molar-refractivity contribution in [1.29, 1.82) is 0 Å². The van der Waals surface area contributed by atoms with Gasteiger partial charge in [0.25, 0.3) is 6.43 Å². The Morgan fingerprint density at radius 3 is 2.07 bits per heavy atom. The lowest BCUT2D eigenvalue weighted by atomic mass is 9.68. The van der Waals surface area contributed by atoms with Crippen LogP contribution < -0.4 is 0 Å². The molecule has 29 heavy (non-hydrogen) atoms. The van der Waals surface area contributed by atoms with E-state index in [4.69, 9.17) is 0 Å². The van der Waals surface area contributed by atoms with E-state index in [0.29, 0.717) is 11.5 Å². The van der Waals surface area contributed by atoms with Crippen LogP contribution in [0.3, 0.4) is 0 Å². The molecule has 2 aliphatic rings. The Morgan fingerprint density at radius 2 is 1.55 bits per heavy atom. The molecule has 0 radical (unpaired) electrons. The van der Waals surface area contributed by atoms with E-state index >= 15 is 4.39 Å². The number of alkyl halides is 2. The van der Waals surface area contributed by atoms with E-state index in [-0.39, 0.29) is 17.9 Å². The van der Waals surface area contributed by atoms with Crippen molar-refractivity contribution in [3.63, 3.8) is 0 Å². The highest BCUT2D eigenvalue weighted by molar-refractivity contribution is 5.97. The summed E-state index contributed by atoms with van der Waals surface area (Å²) in [6.45, 7) is 3.87. The average Bonchev–Trinajstić information content (AvgIpc) is 2.73. The predicted molar refractivity (Wildman–Crippen MR) is 111 cm³/mol. The van der Waals surface area contributed by atoms with Gasteiger partial charge in [-0.2, -0.15) is 0 Å². The van der Waals surface area contributed by atoms with Crippen molar-refractivity contribution >= 4 is 5.78 Å². The Hall–Kier alpha value is -1.32. The van der Waals surface area contributed by atoms with Gasteiger partial charge in [-0.1, -0.05) is 51.7 Å². The van der Waals surface area contributed by atoms with Crippen LogP contribution in [-0.2, 0) is 0 Å². The third kappa shape index (κ3) is 5.06. The maximum atomic E-state index is 15.0. The number of ketones is 1. The van der Waals surface area contributed by atoms with Gasteiger partial charge in [-0.15, -0.1) is 0 Å². The smallest absolute Gasteiger partial charge is 0.267 e. The zero-order chi connectivity index (χ0) is 21.0. The molecule has 0 saturated heterocycles. The van der Waals surface area contributed by atoms with Crippen molar-refractivity contribution in [2.45, 2.75) is 96.8 Å². The molecule has 0 atom stereocenters. The first-order valence-corrected chi connectivity index (χ1v) is 11.6. The molecule has 1 aromatic carbocycles. The molecule has 4 heteroatoms. The largest absolute Gasteiger partial charge is 0.294 e. The van der Waals surface area contributed by atoms with Crippen molar-refractivity contribution in [3.05, 3.63) is 34.6 Å². The lowest BCUT2D eigenvalue weighted by molar-refractivity contribution is 0.0970. The van der Waals surface area contributed by atoms with Crippen molar-refractivity contribution in [3.8, 4) is 0 Å². The standard InChI is InChI=1S/C25H35F3O/c1-3-5-16-6-8-17(9-7-16)18-10-12-19(13-11-18)20-14-15-21(22(29)4-2)23(24(20)26)25(27)28/h14-19,25H,3-13H2,1-2H3. The van der Waals surface area contributed by atoms with Crippen molar-refractivity contribution < 1.29 is 18.0 Å². The molecule has 1 aromatic rings. The number of benzene rings is 1. The Labute approximate surface area is 173 Å². The summed E-state index contributed by atoms with van der Waals surface area (Å²) in [6.07, 6.45) is 8.93. The van der Waals surface area contributed by atoms with Crippen LogP contribution in [0.4, 0.5) is 13.2 Å². The number of carbonyl (C=O) groups is 1. The van der Waals surface area contributed by atoms with E-state index in [1.807, 2.05) is 0 Å². The average molecular weight is 409 g/mol. The van der Waals surface area contributed by atoms with Crippen LogP contribution in [-0.4, -0.2) is 5.78 Å². The Morgan fingerprint density at radius 1 is 0.966 bits per heavy atom. The fourth-order valence-electron chi connectivity index (χ4n) is 5.83. The second-order valence-corrected chi connectivity index (χ2v) is 9.19. The lowest BCUT2D eigenvalue weighted by Crippen LogP contribution is -2.25. The quantitative estimate of drug-likeness (QED) is 0.415. The third-order valence-electron chi connectivity index (χ3n) is 7.52. The summed E-state index contributed by atoms with van der Waals surface area (Å²) in [6, 6.07) is 3.01. The fraction of sp³-hybridized carbons (Fsp3) is 0.720. The van der Waals surface area contributed by atoms with Crippen LogP contribution in [0.1, 0.15) is 118 Å². The number of rotatable bonds is 7. The third-order valence-corrected chi connectivity index (χ3v) is 7.52. The SMILES string of the molecule is CCCC1CCC(C2CCC(c3ccc(C(=O)CC)c(C(F)F)c3F)CC2)CC1. The molecule has 1 nitrogen and oxygen atoms in total. The molecule has 2 saturated carbocycles. The molecule has 162 valence electrons. The Balaban J connectivity index is 1.65. The molecule has 0 aliphatic heterocycles. The number of Topliss-reactive ketones (excluding diaryl/α,β-unsaturated/α-hetero) is 1. The zero-order valence-electron chi connectivity index (χ0n) is 17.9. The molecular weight excluding hydrogens is 373 g/mol. The first-order chi connectivity index (χ1) is 14.0. The van der Waals surface area contributed by atoms with Gasteiger partial charge < -0.3 is 0 Å². The Bertz CT molecular complexity index is 684. The van der Waals surface area contributed by atoms with Gasteiger partial charge in [0.1, 0.15) is 5.82 Å². The normalized spacial score (nSPS) is 27.9. The first-order valence-electron chi connectivity index (χ1n) is 11.6. The number of halogens is 3. The van der Waals surface area contributed by atoms with Crippen LogP contribution in [0.25, 0.3) is 0 Å². The minimum absolute atomic E-state index is 0.00837. The molecule has 0 unspecified atom stereocenters. The minimum Gasteiger partial charge on any atom is -0.294 e. The van der Waals surface area contributed by atoms with Crippen LogP contribution in [0.15, 0.2) is 12.1 Å². The predicted octanol–water partition coefficient (Wildman–Crippen LogP) is 8.24. The van der Waals surface area contributed by atoms with E-state index in [1.54, 1.807) is 13.0 Å². The van der Waals surface area contributed by atoms with Crippen molar-refractivity contribution in [2.75, 3.05) is 0 Å². The van der Waals surface area contributed by atoms with Gasteiger partial charge >= 0.3 is 0 Å². The van der Waals surface area contributed by atoms with E-state index in [1.165, 1.54) is 44.6 Å². The molecule has 2 fully saturated rings. The molecule has 0 N–H and O–H groups in total. The number of hydrogen-bond acceptors (Lipinski definition) is 1. The van der Waals surface area contributed by atoms with Gasteiger partial charge in [0.2, 0.25) is 0 Å². The lowest BCUT2D eigenvalue weighted by Gasteiger charge is -2.38.